The van der Waals surface area contributed by atoms with Gasteiger partial charge in [-0.2, -0.15) is 0 Å². The zero-order valence-electron chi connectivity index (χ0n) is 15.2. The van der Waals surface area contributed by atoms with Crippen LogP contribution in [-0.2, 0) is 12.8 Å². The van der Waals surface area contributed by atoms with Crippen molar-refractivity contribution < 1.29 is 4.74 Å². The lowest BCUT2D eigenvalue weighted by molar-refractivity contribution is 0.414. The SMILES string of the molecule is COc1ccc(CSc2nnc(Nc3cccc(Cl)c3C)c(=O)n2C)cc1. The molecule has 1 heterocycles. The molecule has 0 fully saturated rings. The van der Waals surface area contributed by atoms with Crippen LogP contribution in [0.15, 0.2) is 52.4 Å². The minimum Gasteiger partial charge on any atom is -0.497 e. The van der Waals surface area contributed by atoms with Gasteiger partial charge in [0.2, 0.25) is 5.82 Å². The van der Waals surface area contributed by atoms with Gasteiger partial charge in [0.05, 0.1) is 7.11 Å². The molecular weight excluding hydrogens is 384 g/mol. The van der Waals surface area contributed by atoms with Crippen molar-refractivity contribution in [1.29, 1.82) is 0 Å². The summed E-state index contributed by atoms with van der Waals surface area (Å²) in [6.45, 7) is 1.88. The quantitative estimate of drug-likeness (QED) is 0.624. The van der Waals surface area contributed by atoms with Crippen LogP contribution in [0, 0.1) is 6.92 Å². The van der Waals surface area contributed by atoms with Gasteiger partial charge in [-0.1, -0.05) is 41.6 Å². The van der Waals surface area contributed by atoms with E-state index in [9.17, 15) is 4.79 Å². The first-order chi connectivity index (χ1) is 13.0. The molecule has 8 heteroatoms. The molecular formula is C19H19ClN4O2S. The highest BCUT2D eigenvalue weighted by molar-refractivity contribution is 7.98. The average molecular weight is 403 g/mol. The molecule has 0 bridgehead atoms. The molecule has 0 saturated heterocycles. The van der Waals surface area contributed by atoms with Crippen LogP contribution in [0.2, 0.25) is 5.02 Å². The molecule has 0 unspecified atom stereocenters. The van der Waals surface area contributed by atoms with Crippen LogP contribution < -0.4 is 15.6 Å². The first-order valence-corrected chi connectivity index (χ1v) is 9.57. The van der Waals surface area contributed by atoms with Crippen molar-refractivity contribution in [3.63, 3.8) is 0 Å². The molecule has 1 aromatic heterocycles. The number of nitrogens with one attached hydrogen (secondary N) is 1. The number of thioether (sulfide) groups is 1. The first-order valence-electron chi connectivity index (χ1n) is 8.21. The van der Waals surface area contributed by atoms with E-state index >= 15 is 0 Å². The van der Waals surface area contributed by atoms with Crippen LogP contribution >= 0.6 is 23.4 Å². The standard InChI is InChI=1S/C19H19ClN4O2S/c1-12-15(20)5-4-6-16(12)21-17-18(25)24(2)19(23-22-17)27-11-13-7-9-14(26-3)10-8-13/h4-10H,11H2,1-3H3,(H,21,22). The number of benzene rings is 2. The summed E-state index contributed by atoms with van der Waals surface area (Å²) in [5.41, 5.74) is 2.43. The van der Waals surface area contributed by atoms with Gasteiger partial charge >= 0.3 is 0 Å². The molecule has 3 rings (SSSR count). The van der Waals surface area contributed by atoms with E-state index in [0.29, 0.717) is 15.9 Å². The Morgan fingerprint density at radius 1 is 1.19 bits per heavy atom. The van der Waals surface area contributed by atoms with Gasteiger partial charge in [0.1, 0.15) is 5.75 Å². The van der Waals surface area contributed by atoms with Crippen LogP contribution in [-0.4, -0.2) is 21.9 Å². The third kappa shape index (κ3) is 4.43. The Morgan fingerprint density at radius 2 is 1.93 bits per heavy atom. The number of halogens is 1. The lowest BCUT2D eigenvalue weighted by Crippen LogP contribution is -2.24. The Morgan fingerprint density at radius 3 is 2.63 bits per heavy atom. The van der Waals surface area contributed by atoms with Gasteiger partial charge in [0.25, 0.3) is 5.56 Å². The second-order valence-electron chi connectivity index (χ2n) is 5.87. The first kappa shape index (κ1) is 19.3. The summed E-state index contributed by atoms with van der Waals surface area (Å²) in [5, 5.41) is 12.4. The highest BCUT2D eigenvalue weighted by Crippen LogP contribution is 2.25. The molecule has 2 aromatic carbocycles. The fourth-order valence-electron chi connectivity index (χ4n) is 2.39. The molecule has 6 nitrogen and oxygen atoms in total. The second kappa shape index (κ2) is 8.45. The van der Waals surface area contributed by atoms with E-state index in [4.69, 9.17) is 16.3 Å². The van der Waals surface area contributed by atoms with E-state index in [1.165, 1.54) is 16.3 Å². The smallest absolute Gasteiger partial charge is 0.297 e. The maximum Gasteiger partial charge on any atom is 0.297 e. The van der Waals surface area contributed by atoms with Gasteiger partial charge in [0, 0.05) is 23.5 Å². The van der Waals surface area contributed by atoms with Gasteiger partial charge in [-0.05, 0) is 42.3 Å². The van der Waals surface area contributed by atoms with Crippen molar-refractivity contribution in [3.8, 4) is 5.75 Å². The molecule has 0 spiro atoms. The zero-order chi connectivity index (χ0) is 19.4. The molecule has 0 amide bonds. The minimum absolute atomic E-state index is 0.164. The summed E-state index contributed by atoms with van der Waals surface area (Å²) in [7, 11) is 3.32. The van der Waals surface area contributed by atoms with E-state index in [1.54, 1.807) is 20.2 Å². The van der Waals surface area contributed by atoms with Crippen molar-refractivity contribution in [2.24, 2.45) is 7.05 Å². The van der Waals surface area contributed by atoms with Gasteiger partial charge < -0.3 is 10.1 Å². The van der Waals surface area contributed by atoms with Gasteiger partial charge in [-0.3, -0.25) is 9.36 Å². The summed E-state index contributed by atoms with van der Waals surface area (Å²) in [6.07, 6.45) is 0. The van der Waals surface area contributed by atoms with Crippen molar-refractivity contribution >= 4 is 34.9 Å². The lowest BCUT2D eigenvalue weighted by atomic mass is 10.2. The number of hydrogen-bond acceptors (Lipinski definition) is 6. The number of nitrogens with zero attached hydrogens (tertiary/aromatic N) is 3. The van der Waals surface area contributed by atoms with Crippen molar-refractivity contribution in [2.75, 3.05) is 12.4 Å². The summed E-state index contributed by atoms with van der Waals surface area (Å²) >= 11 is 7.57. The van der Waals surface area contributed by atoms with Crippen molar-refractivity contribution in [2.45, 2.75) is 17.8 Å². The molecule has 27 heavy (non-hydrogen) atoms. The molecule has 140 valence electrons. The van der Waals surface area contributed by atoms with Crippen molar-refractivity contribution in [1.82, 2.24) is 14.8 Å². The van der Waals surface area contributed by atoms with Gasteiger partial charge in [-0.25, -0.2) is 0 Å². The van der Waals surface area contributed by atoms with Crippen LogP contribution in [0.4, 0.5) is 11.5 Å². The lowest BCUT2D eigenvalue weighted by Gasteiger charge is -2.11. The Hall–Kier alpha value is -2.51. The predicted molar refractivity (Wildman–Crippen MR) is 109 cm³/mol. The highest BCUT2D eigenvalue weighted by Gasteiger charge is 2.12. The normalized spacial score (nSPS) is 10.7. The van der Waals surface area contributed by atoms with Crippen LogP contribution in [0.5, 0.6) is 5.75 Å². The van der Waals surface area contributed by atoms with Crippen LogP contribution in [0.3, 0.4) is 0 Å². The molecule has 0 aliphatic heterocycles. The van der Waals surface area contributed by atoms with Gasteiger partial charge in [0.15, 0.2) is 5.16 Å². The summed E-state index contributed by atoms with van der Waals surface area (Å²) in [6, 6.07) is 13.2. The number of ether oxygens (including phenoxy) is 1. The molecule has 0 radical (unpaired) electrons. The molecule has 3 aromatic rings. The summed E-state index contributed by atoms with van der Waals surface area (Å²) < 4.78 is 6.64. The fraction of sp³-hybridized carbons (Fsp3) is 0.211. The Bertz CT molecular complexity index is 1010. The predicted octanol–water partition coefficient (Wildman–Crippen LogP) is 4.18. The maximum absolute atomic E-state index is 12.6. The molecule has 0 saturated carbocycles. The minimum atomic E-state index is -0.249. The highest BCUT2D eigenvalue weighted by atomic mass is 35.5. The number of hydrogen-bond donors (Lipinski definition) is 1. The fourth-order valence-corrected chi connectivity index (χ4v) is 3.43. The Kier molecular flexibility index (Phi) is 6.03. The van der Waals surface area contributed by atoms with Gasteiger partial charge in [-0.15, -0.1) is 10.2 Å². The monoisotopic (exact) mass is 402 g/mol. The van der Waals surface area contributed by atoms with Crippen LogP contribution in [0.25, 0.3) is 0 Å². The average Bonchev–Trinajstić information content (AvgIpc) is 2.68. The Labute approximate surface area is 166 Å². The topological polar surface area (TPSA) is 69.0 Å². The molecule has 0 atom stereocenters. The zero-order valence-corrected chi connectivity index (χ0v) is 16.8. The van der Waals surface area contributed by atoms with E-state index in [1.807, 2.05) is 43.3 Å². The van der Waals surface area contributed by atoms with Crippen LogP contribution in [0.1, 0.15) is 11.1 Å². The summed E-state index contributed by atoms with van der Waals surface area (Å²) in [4.78, 5) is 12.6. The number of rotatable bonds is 6. The van der Waals surface area contributed by atoms with E-state index in [2.05, 4.69) is 15.5 Å². The van der Waals surface area contributed by atoms with E-state index in [-0.39, 0.29) is 11.4 Å². The molecule has 1 N–H and O–H groups in total. The third-order valence-electron chi connectivity index (χ3n) is 4.08. The van der Waals surface area contributed by atoms with E-state index < -0.39 is 0 Å². The summed E-state index contributed by atoms with van der Waals surface area (Å²) in [5.74, 6) is 1.64. The molecule has 0 aliphatic carbocycles. The molecule has 0 aliphatic rings. The number of anilines is 2. The Balaban J connectivity index is 1.76. The van der Waals surface area contributed by atoms with Crippen molar-refractivity contribution in [3.05, 3.63) is 69.0 Å². The second-order valence-corrected chi connectivity index (χ2v) is 7.22. The number of aromatic nitrogens is 3. The largest absolute Gasteiger partial charge is 0.497 e. The van der Waals surface area contributed by atoms with E-state index in [0.717, 1.165) is 22.6 Å². The third-order valence-corrected chi connectivity index (χ3v) is 5.58. The number of methoxy groups -OCH3 is 1. The maximum atomic E-state index is 12.6.